The number of hydrogen-bond acceptors (Lipinski definition) is 4. The fraction of sp³-hybridized carbons (Fsp3) is 0.619. The number of aliphatic hydroxyl groups excluding tert-OH is 2. The van der Waals surface area contributed by atoms with Crippen LogP contribution in [0.25, 0.3) is 0 Å². The maximum Gasteiger partial charge on any atom is 0.159 e. The van der Waals surface area contributed by atoms with Crippen LogP contribution >= 0.6 is 0 Å². The van der Waals surface area contributed by atoms with Crippen molar-refractivity contribution in [2.45, 2.75) is 57.0 Å². The molecule has 3 aliphatic carbocycles. The molecular weight excluding hydrogens is 316 g/mol. The van der Waals surface area contributed by atoms with Gasteiger partial charge in [-0.25, -0.2) is 0 Å². The van der Waals surface area contributed by atoms with Gasteiger partial charge in [0.05, 0.1) is 7.11 Å². The highest BCUT2D eigenvalue weighted by Crippen LogP contribution is 2.65. The average molecular weight is 344 g/mol. The van der Waals surface area contributed by atoms with Crippen molar-refractivity contribution in [2.75, 3.05) is 7.11 Å². The molecule has 0 bridgehead atoms. The molecule has 0 spiro atoms. The molecule has 3 N–H and O–H groups in total. The first kappa shape index (κ1) is 16.8. The Morgan fingerprint density at radius 3 is 2.76 bits per heavy atom. The second-order valence-electron chi connectivity index (χ2n) is 8.35. The number of aryl methyl sites for hydroxylation is 1. The van der Waals surface area contributed by atoms with E-state index in [0.717, 1.165) is 37.9 Å². The molecule has 1 aromatic rings. The molecular formula is C21H28O4. The van der Waals surface area contributed by atoms with E-state index in [9.17, 15) is 15.3 Å². The number of rotatable bonds is 2. The van der Waals surface area contributed by atoms with Gasteiger partial charge in [0, 0.05) is 5.41 Å². The second kappa shape index (κ2) is 5.66. The Balaban J connectivity index is 1.69. The van der Waals surface area contributed by atoms with E-state index in [2.05, 4.69) is 25.1 Å². The van der Waals surface area contributed by atoms with Crippen LogP contribution in [0, 0.1) is 17.3 Å². The van der Waals surface area contributed by atoms with E-state index in [1.54, 1.807) is 7.11 Å². The van der Waals surface area contributed by atoms with E-state index < -0.39 is 5.60 Å². The van der Waals surface area contributed by atoms with Gasteiger partial charge in [0.1, 0.15) is 17.6 Å². The summed E-state index contributed by atoms with van der Waals surface area (Å²) in [5.74, 6) is 2.08. The van der Waals surface area contributed by atoms with Gasteiger partial charge in [-0.15, -0.1) is 0 Å². The highest BCUT2D eigenvalue weighted by molar-refractivity contribution is 5.41. The molecule has 0 aliphatic heterocycles. The smallest absolute Gasteiger partial charge is 0.159 e. The summed E-state index contributed by atoms with van der Waals surface area (Å²) in [5, 5.41) is 30.6. The highest BCUT2D eigenvalue weighted by Gasteiger charge is 2.63. The Morgan fingerprint density at radius 1 is 1.24 bits per heavy atom. The fourth-order valence-corrected chi connectivity index (χ4v) is 6.23. The van der Waals surface area contributed by atoms with Crippen LogP contribution in [0.3, 0.4) is 0 Å². The monoisotopic (exact) mass is 344 g/mol. The Kier molecular flexibility index (Phi) is 3.80. The quantitative estimate of drug-likeness (QED) is 0.702. The number of aliphatic hydroxyl groups is 3. The van der Waals surface area contributed by atoms with E-state index in [0.29, 0.717) is 30.4 Å². The molecule has 2 fully saturated rings. The fourth-order valence-electron chi connectivity index (χ4n) is 6.23. The normalized spacial score (nSPS) is 40.1. The van der Waals surface area contributed by atoms with E-state index in [4.69, 9.17) is 4.74 Å². The maximum atomic E-state index is 11.2. The molecule has 0 unspecified atom stereocenters. The van der Waals surface area contributed by atoms with Crippen molar-refractivity contribution >= 4 is 0 Å². The van der Waals surface area contributed by atoms with Crippen LogP contribution < -0.4 is 4.74 Å². The number of methoxy groups -OCH3 is 1. The summed E-state index contributed by atoms with van der Waals surface area (Å²) in [6, 6.07) is 6.45. The lowest BCUT2D eigenvalue weighted by molar-refractivity contribution is -0.0996. The van der Waals surface area contributed by atoms with Crippen molar-refractivity contribution in [3.05, 3.63) is 41.3 Å². The molecule has 1 aromatic carbocycles. The molecule has 0 amide bonds. The number of hydrogen-bond donors (Lipinski definition) is 3. The molecule has 0 heterocycles. The molecule has 0 aromatic heterocycles. The van der Waals surface area contributed by atoms with Crippen molar-refractivity contribution in [3.63, 3.8) is 0 Å². The minimum absolute atomic E-state index is 0.267. The number of fused-ring (bicyclic) bond motifs is 5. The molecule has 3 aliphatic rings. The Labute approximate surface area is 149 Å². The van der Waals surface area contributed by atoms with E-state index in [-0.39, 0.29) is 11.2 Å². The summed E-state index contributed by atoms with van der Waals surface area (Å²) in [6.45, 7) is 2.10. The van der Waals surface area contributed by atoms with Crippen LogP contribution in [-0.4, -0.2) is 28.0 Å². The molecule has 136 valence electrons. The largest absolute Gasteiger partial charge is 0.512 e. The number of benzene rings is 1. The lowest BCUT2D eigenvalue weighted by atomic mass is 9.53. The standard InChI is InChI=1S/C21H28O4/c1-20-9-7-16-15-6-4-14(25-2)11-13(15)3-5-17(16)18(20)8-10-21(20,24)19(23)12-22/h4,6,11-12,16-18,22-24H,3,5,7-10H2,1-2H3/t16-,17-,18+,20+,21+/m1/s1. The Bertz CT molecular complexity index is 712. The minimum Gasteiger partial charge on any atom is -0.512 e. The third kappa shape index (κ3) is 2.16. The van der Waals surface area contributed by atoms with Gasteiger partial charge in [-0.05, 0) is 79.5 Å². The SMILES string of the molecule is COc1ccc2c(c1)CC[C@@H]1[C@@H]2CC[C@@]2(C)[C@H]1CC[C@]2(O)C(O)=CO. The molecule has 25 heavy (non-hydrogen) atoms. The van der Waals surface area contributed by atoms with Gasteiger partial charge in [0.2, 0.25) is 0 Å². The Hall–Kier alpha value is -1.68. The van der Waals surface area contributed by atoms with Gasteiger partial charge in [0.25, 0.3) is 0 Å². The van der Waals surface area contributed by atoms with Crippen molar-refractivity contribution in [1.82, 2.24) is 0 Å². The summed E-state index contributed by atoms with van der Waals surface area (Å²) in [6.07, 6.45) is 6.14. The number of ether oxygens (including phenoxy) is 1. The molecule has 2 saturated carbocycles. The summed E-state index contributed by atoms with van der Waals surface area (Å²) in [7, 11) is 1.71. The van der Waals surface area contributed by atoms with Crippen LogP contribution in [0.5, 0.6) is 5.75 Å². The van der Waals surface area contributed by atoms with Gasteiger partial charge in [-0.1, -0.05) is 13.0 Å². The third-order valence-electron chi connectivity index (χ3n) is 7.63. The van der Waals surface area contributed by atoms with Crippen molar-refractivity contribution < 1.29 is 20.1 Å². The van der Waals surface area contributed by atoms with Crippen molar-refractivity contribution in [3.8, 4) is 5.75 Å². The van der Waals surface area contributed by atoms with E-state index in [1.165, 1.54) is 11.1 Å². The highest BCUT2D eigenvalue weighted by atomic mass is 16.5. The average Bonchev–Trinajstić information content (AvgIpc) is 2.92. The van der Waals surface area contributed by atoms with Crippen molar-refractivity contribution in [2.24, 2.45) is 17.3 Å². The van der Waals surface area contributed by atoms with Gasteiger partial charge >= 0.3 is 0 Å². The molecule has 5 atom stereocenters. The zero-order valence-electron chi connectivity index (χ0n) is 15.0. The first-order chi connectivity index (χ1) is 11.9. The lowest BCUT2D eigenvalue weighted by Crippen LogP contribution is -2.51. The molecule has 0 saturated heterocycles. The van der Waals surface area contributed by atoms with Crippen molar-refractivity contribution in [1.29, 1.82) is 0 Å². The second-order valence-corrected chi connectivity index (χ2v) is 8.35. The van der Waals surface area contributed by atoms with Gasteiger partial charge in [-0.2, -0.15) is 0 Å². The van der Waals surface area contributed by atoms with Gasteiger partial charge in [0.15, 0.2) is 5.76 Å². The van der Waals surface area contributed by atoms with Crippen LogP contribution in [-0.2, 0) is 6.42 Å². The van der Waals surface area contributed by atoms with Crippen LogP contribution in [0.4, 0.5) is 0 Å². The summed E-state index contributed by atoms with van der Waals surface area (Å²) in [5.41, 5.74) is 1.17. The first-order valence-electron chi connectivity index (χ1n) is 9.37. The topological polar surface area (TPSA) is 69.9 Å². The molecule has 0 radical (unpaired) electrons. The van der Waals surface area contributed by atoms with E-state index in [1.807, 2.05) is 0 Å². The van der Waals surface area contributed by atoms with Crippen LogP contribution in [0.2, 0.25) is 0 Å². The first-order valence-corrected chi connectivity index (χ1v) is 9.37. The molecule has 4 heteroatoms. The van der Waals surface area contributed by atoms with Crippen LogP contribution in [0.1, 0.15) is 56.1 Å². The summed E-state index contributed by atoms with van der Waals surface area (Å²) in [4.78, 5) is 0. The predicted octanol–water partition coefficient (Wildman–Crippen LogP) is 4.24. The molecule has 4 rings (SSSR count). The zero-order valence-corrected chi connectivity index (χ0v) is 15.0. The van der Waals surface area contributed by atoms with Crippen LogP contribution in [0.15, 0.2) is 30.2 Å². The van der Waals surface area contributed by atoms with Gasteiger partial charge in [-0.3, -0.25) is 0 Å². The minimum atomic E-state index is -1.29. The van der Waals surface area contributed by atoms with Gasteiger partial charge < -0.3 is 20.1 Å². The predicted molar refractivity (Wildman–Crippen MR) is 95.9 cm³/mol. The maximum absolute atomic E-state index is 11.2. The van der Waals surface area contributed by atoms with E-state index >= 15 is 0 Å². The lowest BCUT2D eigenvalue weighted by Gasteiger charge is -2.52. The summed E-state index contributed by atoms with van der Waals surface area (Å²) < 4.78 is 5.38. The molecule has 4 nitrogen and oxygen atoms in total. The zero-order chi connectivity index (χ0) is 17.8. The Morgan fingerprint density at radius 2 is 2.04 bits per heavy atom. The third-order valence-corrected chi connectivity index (χ3v) is 7.63. The summed E-state index contributed by atoms with van der Waals surface area (Å²) >= 11 is 0.